The second kappa shape index (κ2) is 13.2. The number of carbonyl (C=O) groups excluding carboxylic acids is 5. The van der Waals surface area contributed by atoms with E-state index < -0.39 is 47.2 Å². The van der Waals surface area contributed by atoms with Crippen molar-refractivity contribution < 1.29 is 42.9 Å². The highest BCUT2D eigenvalue weighted by Crippen LogP contribution is 2.39. The molecule has 1 N–H and O–H groups in total. The van der Waals surface area contributed by atoms with Gasteiger partial charge in [0.1, 0.15) is 0 Å². The van der Waals surface area contributed by atoms with E-state index in [1.165, 1.54) is 39.8 Å². The lowest BCUT2D eigenvalue weighted by atomic mass is 9.71. The molecule has 182 valence electrons. The molecule has 0 fully saturated rings. The Kier molecular flexibility index (Phi) is 11.0. The molecule has 0 aliphatic carbocycles. The van der Waals surface area contributed by atoms with Crippen molar-refractivity contribution >= 4 is 29.8 Å². The van der Waals surface area contributed by atoms with E-state index in [0.717, 1.165) is 6.92 Å². The van der Waals surface area contributed by atoms with Gasteiger partial charge in [0.05, 0.1) is 32.3 Å². The molecule has 0 saturated carbocycles. The maximum atomic E-state index is 13.4. The molecule has 33 heavy (non-hydrogen) atoms. The van der Waals surface area contributed by atoms with Crippen molar-refractivity contribution in [1.82, 2.24) is 5.32 Å². The molecule has 0 bridgehead atoms. The van der Waals surface area contributed by atoms with E-state index >= 15 is 0 Å². The van der Waals surface area contributed by atoms with Crippen LogP contribution in [0.2, 0.25) is 0 Å². The van der Waals surface area contributed by atoms with E-state index in [1.807, 2.05) is 0 Å². The van der Waals surface area contributed by atoms with Crippen LogP contribution in [0.4, 0.5) is 0 Å². The van der Waals surface area contributed by atoms with Crippen LogP contribution in [-0.4, -0.2) is 61.8 Å². The van der Waals surface area contributed by atoms with Crippen LogP contribution in [0.1, 0.15) is 46.1 Å². The highest BCUT2D eigenvalue weighted by molar-refractivity contribution is 6.11. The Labute approximate surface area is 192 Å². The van der Waals surface area contributed by atoms with Crippen molar-refractivity contribution in [1.29, 1.82) is 0 Å². The van der Waals surface area contributed by atoms with E-state index in [-0.39, 0.29) is 32.0 Å². The van der Waals surface area contributed by atoms with Gasteiger partial charge in [0, 0.05) is 6.92 Å². The van der Waals surface area contributed by atoms with Crippen molar-refractivity contribution in [2.24, 2.45) is 5.92 Å². The van der Waals surface area contributed by atoms with E-state index in [2.05, 4.69) is 5.32 Å². The molecule has 0 saturated heterocycles. The number of nitrogens with one attached hydrogen (secondary N) is 1. The number of benzene rings is 1. The monoisotopic (exact) mass is 465 g/mol. The minimum atomic E-state index is -2.58. The van der Waals surface area contributed by atoms with Gasteiger partial charge >= 0.3 is 23.9 Å². The maximum Gasteiger partial charge on any atom is 0.344 e. The number of ether oxygens (including phenoxy) is 4. The predicted molar refractivity (Wildman–Crippen MR) is 116 cm³/mol. The summed E-state index contributed by atoms with van der Waals surface area (Å²) < 4.78 is 20.5. The summed E-state index contributed by atoms with van der Waals surface area (Å²) >= 11 is 0. The Morgan fingerprint density at radius 2 is 1.18 bits per heavy atom. The third-order valence-electron chi connectivity index (χ3n) is 4.61. The summed E-state index contributed by atoms with van der Waals surface area (Å²) in [4.78, 5) is 65.0. The zero-order chi connectivity index (χ0) is 25.0. The second-order valence-corrected chi connectivity index (χ2v) is 6.80. The maximum absolute atomic E-state index is 13.4. The summed E-state index contributed by atoms with van der Waals surface area (Å²) in [5.74, 6) is -8.63. The summed E-state index contributed by atoms with van der Waals surface area (Å²) in [6.45, 7) is 6.71. The van der Waals surface area contributed by atoms with Gasteiger partial charge in [-0.25, -0.2) is 9.59 Å². The summed E-state index contributed by atoms with van der Waals surface area (Å²) in [6, 6.07) is 7.85. The minimum Gasteiger partial charge on any atom is -0.465 e. The molecule has 0 spiro atoms. The topological polar surface area (TPSA) is 134 Å². The summed E-state index contributed by atoms with van der Waals surface area (Å²) in [7, 11) is 0. The van der Waals surface area contributed by atoms with Crippen molar-refractivity contribution in [3.63, 3.8) is 0 Å². The molecule has 1 aromatic carbocycles. The number of esters is 4. The fourth-order valence-corrected chi connectivity index (χ4v) is 3.47. The van der Waals surface area contributed by atoms with Crippen LogP contribution < -0.4 is 5.32 Å². The highest BCUT2D eigenvalue weighted by Gasteiger charge is 2.62. The third-order valence-corrected chi connectivity index (χ3v) is 4.61. The van der Waals surface area contributed by atoms with Crippen molar-refractivity contribution in [2.75, 3.05) is 26.4 Å². The molecule has 10 heteroatoms. The molecule has 10 nitrogen and oxygen atoms in total. The first kappa shape index (κ1) is 27.6. The fraction of sp³-hybridized carbons (Fsp3) is 0.522. The first-order valence-electron chi connectivity index (χ1n) is 10.7. The summed E-state index contributed by atoms with van der Waals surface area (Å²) in [5.41, 5.74) is -2.37. The lowest BCUT2D eigenvalue weighted by Gasteiger charge is -2.39. The molecule has 1 aromatic rings. The normalized spacial score (nSPS) is 11.8. The zero-order valence-electron chi connectivity index (χ0n) is 19.5. The lowest BCUT2D eigenvalue weighted by molar-refractivity contribution is -0.174. The van der Waals surface area contributed by atoms with Crippen LogP contribution in [0.5, 0.6) is 0 Å². The fourth-order valence-electron chi connectivity index (χ4n) is 3.47. The van der Waals surface area contributed by atoms with Gasteiger partial charge in [0.2, 0.25) is 11.4 Å². The first-order chi connectivity index (χ1) is 15.7. The van der Waals surface area contributed by atoms with Gasteiger partial charge in [0.15, 0.2) is 5.92 Å². The van der Waals surface area contributed by atoms with Crippen molar-refractivity contribution in [2.45, 2.75) is 46.1 Å². The molecule has 0 aliphatic heterocycles. The Bertz CT molecular complexity index is 802. The first-order valence-corrected chi connectivity index (χ1v) is 10.7. The van der Waals surface area contributed by atoms with Gasteiger partial charge < -0.3 is 24.3 Å². The number of amides is 1. The number of rotatable bonds is 12. The number of hydrogen-bond donors (Lipinski definition) is 1. The number of carbonyl (C=O) groups is 5. The van der Waals surface area contributed by atoms with Gasteiger partial charge in [-0.1, -0.05) is 30.3 Å². The summed E-state index contributed by atoms with van der Waals surface area (Å²) in [5, 5.41) is 2.33. The van der Waals surface area contributed by atoms with Crippen LogP contribution in [0.15, 0.2) is 30.3 Å². The van der Waals surface area contributed by atoms with Crippen molar-refractivity contribution in [3.8, 4) is 0 Å². The van der Waals surface area contributed by atoms with Crippen LogP contribution in [0, 0.1) is 5.92 Å². The van der Waals surface area contributed by atoms with Crippen LogP contribution in [0.25, 0.3) is 0 Å². The lowest BCUT2D eigenvalue weighted by Crippen LogP contribution is -2.67. The molecular weight excluding hydrogens is 434 g/mol. The Balaban J connectivity index is 4.05. The van der Waals surface area contributed by atoms with Crippen molar-refractivity contribution in [3.05, 3.63) is 35.9 Å². The van der Waals surface area contributed by atoms with Gasteiger partial charge in [0.25, 0.3) is 0 Å². The van der Waals surface area contributed by atoms with Gasteiger partial charge in [-0.15, -0.1) is 0 Å². The van der Waals surface area contributed by atoms with E-state index in [1.54, 1.807) is 18.2 Å². The quantitative estimate of drug-likeness (QED) is 0.277. The molecule has 1 unspecified atom stereocenters. The zero-order valence-corrected chi connectivity index (χ0v) is 19.5. The Hall–Kier alpha value is -3.43. The molecule has 1 atom stereocenters. The third kappa shape index (κ3) is 6.53. The highest BCUT2D eigenvalue weighted by atomic mass is 16.6. The molecule has 0 aliphatic rings. The Morgan fingerprint density at radius 3 is 1.55 bits per heavy atom. The molecular formula is C23H31NO9. The SMILES string of the molecule is CCOC(=O)C(C(=O)OCC)C(c1ccccc1)C(NC(C)=O)(C(=O)OCC)C(=O)OCC. The van der Waals surface area contributed by atoms with E-state index in [9.17, 15) is 24.0 Å². The van der Waals surface area contributed by atoms with Crippen LogP contribution in [-0.2, 0) is 42.9 Å². The molecule has 0 aromatic heterocycles. The molecule has 1 rings (SSSR count). The van der Waals surface area contributed by atoms with Gasteiger partial charge in [-0.05, 0) is 33.3 Å². The Morgan fingerprint density at radius 1 is 0.758 bits per heavy atom. The van der Waals surface area contributed by atoms with Gasteiger partial charge in [-0.2, -0.15) is 0 Å². The van der Waals surface area contributed by atoms with E-state index in [0.29, 0.717) is 0 Å². The molecule has 0 heterocycles. The average Bonchev–Trinajstić information content (AvgIpc) is 2.76. The van der Waals surface area contributed by atoms with Crippen LogP contribution >= 0.6 is 0 Å². The van der Waals surface area contributed by atoms with E-state index in [4.69, 9.17) is 18.9 Å². The largest absolute Gasteiger partial charge is 0.465 e. The average molecular weight is 465 g/mol. The molecule has 0 radical (unpaired) electrons. The predicted octanol–water partition coefficient (Wildman–Crippen LogP) is 1.51. The van der Waals surface area contributed by atoms with Crippen LogP contribution in [0.3, 0.4) is 0 Å². The number of hydrogen-bond acceptors (Lipinski definition) is 9. The minimum absolute atomic E-state index is 0.0812. The summed E-state index contributed by atoms with van der Waals surface area (Å²) in [6.07, 6.45) is 0. The second-order valence-electron chi connectivity index (χ2n) is 6.80. The standard InChI is InChI=1S/C23H31NO9/c1-6-30-19(26)17(20(27)31-7-2)18(16-13-11-10-12-14-16)23(24-15(5)25,21(28)32-8-3)22(29)33-9-4/h10-14,17-18H,6-9H2,1-5H3,(H,24,25). The molecule has 1 amide bonds. The smallest absolute Gasteiger partial charge is 0.344 e. The van der Waals surface area contributed by atoms with Gasteiger partial charge in [-0.3, -0.25) is 14.4 Å².